The summed E-state index contributed by atoms with van der Waals surface area (Å²) < 4.78 is 26.0. The summed E-state index contributed by atoms with van der Waals surface area (Å²) >= 11 is 18.6. The smallest absolute Gasteiger partial charge is 0.244 e. The second-order valence-corrected chi connectivity index (χ2v) is 11.0. The standard InChI is InChI=1S/C22H26Cl3N3O4S/c1-14(2)26-22(30)15(3)27(12-18-19(24)9-6-10-20(18)25)21(29)13-28(33(4,31)32)17-8-5-7-16(23)11-17/h5-11,14-15H,12-13H2,1-4H3,(H,26,30)/t15-/m1/s1. The number of carbonyl (C=O) groups excluding carboxylic acids is 2. The van der Waals surface area contributed by atoms with Gasteiger partial charge in [0, 0.05) is 33.2 Å². The second kappa shape index (κ2) is 11.4. The summed E-state index contributed by atoms with van der Waals surface area (Å²) in [7, 11) is -3.84. The van der Waals surface area contributed by atoms with Gasteiger partial charge < -0.3 is 10.2 Å². The number of halogens is 3. The zero-order valence-electron chi connectivity index (χ0n) is 18.7. The van der Waals surface area contributed by atoms with Gasteiger partial charge in [-0.1, -0.05) is 46.9 Å². The normalized spacial score (nSPS) is 12.4. The molecule has 7 nitrogen and oxygen atoms in total. The van der Waals surface area contributed by atoms with Crippen LogP contribution in [0.1, 0.15) is 26.3 Å². The average molecular weight is 535 g/mol. The van der Waals surface area contributed by atoms with E-state index in [2.05, 4.69) is 5.32 Å². The van der Waals surface area contributed by atoms with E-state index in [1.807, 2.05) is 0 Å². The largest absolute Gasteiger partial charge is 0.352 e. The van der Waals surface area contributed by atoms with Gasteiger partial charge in [0.15, 0.2) is 0 Å². The summed E-state index contributed by atoms with van der Waals surface area (Å²) in [5, 5.41) is 3.74. The highest BCUT2D eigenvalue weighted by molar-refractivity contribution is 7.92. The van der Waals surface area contributed by atoms with Crippen LogP contribution in [0.3, 0.4) is 0 Å². The van der Waals surface area contributed by atoms with Gasteiger partial charge >= 0.3 is 0 Å². The van der Waals surface area contributed by atoms with E-state index < -0.39 is 34.4 Å². The van der Waals surface area contributed by atoms with E-state index in [1.165, 1.54) is 17.0 Å². The molecule has 0 bridgehead atoms. The summed E-state index contributed by atoms with van der Waals surface area (Å²) in [6.07, 6.45) is 0.991. The summed E-state index contributed by atoms with van der Waals surface area (Å²) in [5.41, 5.74) is 0.681. The number of hydrogen-bond acceptors (Lipinski definition) is 4. The quantitative estimate of drug-likeness (QED) is 0.518. The fraction of sp³-hybridized carbons (Fsp3) is 0.364. The van der Waals surface area contributed by atoms with E-state index in [0.29, 0.717) is 20.6 Å². The van der Waals surface area contributed by atoms with E-state index in [1.54, 1.807) is 51.1 Å². The molecular formula is C22H26Cl3N3O4S. The predicted molar refractivity (Wildman–Crippen MR) is 133 cm³/mol. The van der Waals surface area contributed by atoms with Crippen LogP contribution in [0.5, 0.6) is 0 Å². The number of hydrogen-bond donors (Lipinski definition) is 1. The molecule has 11 heteroatoms. The van der Waals surface area contributed by atoms with Crippen molar-refractivity contribution in [1.29, 1.82) is 0 Å². The molecule has 0 aliphatic carbocycles. The third-order valence-corrected chi connectivity index (χ3v) is 6.85. The Kier molecular flexibility index (Phi) is 9.43. The number of benzene rings is 2. The Bertz CT molecular complexity index is 1110. The number of nitrogens with zero attached hydrogens (tertiary/aromatic N) is 2. The Morgan fingerprint density at radius 1 is 1.00 bits per heavy atom. The summed E-state index contributed by atoms with van der Waals surface area (Å²) in [6.45, 7) is 4.53. The molecule has 0 aliphatic heterocycles. The van der Waals surface area contributed by atoms with Crippen LogP contribution in [0, 0.1) is 0 Å². The number of anilines is 1. The molecule has 0 unspecified atom stereocenters. The molecule has 0 spiro atoms. The van der Waals surface area contributed by atoms with Gasteiger partial charge in [-0.2, -0.15) is 0 Å². The predicted octanol–water partition coefficient (Wildman–Crippen LogP) is 4.35. The van der Waals surface area contributed by atoms with Gasteiger partial charge in [0.1, 0.15) is 12.6 Å². The van der Waals surface area contributed by atoms with Gasteiger partial charge in [-0.15, -0.1) is 0 Å². The van der Waals surface area contributed by atoms with Crippen molar-refractivity contribution in [1.82, 2.24) is 10.2 Å². The highest BCUT2D eigenvalue weighted by atomic mass is 35.5. The maximum Gasteiger partial charge on any atom is 0.244 e. The van der Waals surface area contributed by atoms with Crippen molar-refractivity contribution in [3.8, 4) is 0 Å². The first-order valence-electron chi connectivity index (χ1n) is 10.1. The van der Waals surface area contributed by atoms with E-state index in [9.17, 15) is 18.0 Å². The molecular weight excluding hydrogens is 509 g/mol. The fourth-order valence-corrected chi connectivity index (χ4v) is 4.63. The lowest BCUT2D eigenvalue weighted by atomic mass is 10.1. The monoisotopic (exact) mass is 533 g/mol. The minimum absolute atomic E-state index is 0.0861. The Hall–Kier alpha value is -2.00. The molecule has 0 heterocycles. The van der Waals surface area contributed by atoms with Crippen LogP contribution in [0.25, 0.3) is 0 Å². The van der Waals surface area contributed by atoms with Gasteiger partial charge in [0.25, 0.3) is 0 Å². The van der Waals surface area contributed by atoms with Crippen LogP contribution >= 0.6 is 34.8 Å². The molecule has 2 amide bonds. The Morgan fingerprint density at radius 2 is 1.58 bits per heavy atom. The maximum absolute atomic E-state index is 13.4. The van der Waals surface area contributed by atoms with Crippen molar-refractivity contribution >= 4 is 62.3 Å². The van der Waals surface area contributed by atoms with E-state index in [-0.39, 0.29) is 18.3 Å². The van der Waals surface area contributed by atoms with Crippen molar-refractivity contribution in [2.45, 2.75) is 39.4 Å². The van der Waals surface area contributed by atoms with Gasteiger partial charge in [-0.3, -0.25) is 13.9 Å². The first-order valence-corrected chi connectivity index (χ1v) is 13.1. The van der Waals surface area contributed by atoms with Crippen LogP contribution in [-0.4, -0.2) is 50.0 Å². The molecule has 1 atom stereocenters. The highest BCUT2D eigenvalue weighted by Gasteiger charge is 2.31. The SMILES string of the molecule is CC(C)NC(=O)[C@@H](C)N(Cc1c(Cl)cccc1Cl)C(=O)CN(c1cccc(Cl)c1)S(C)(=O)=O. The third kappa shape index (κ3) is 7.50. The van der Waals surface area contributed by atoms with Crippen molar-refractivity contribution in [3.05, 3.63) is 63.1 Å². The lowest BCUT2D eigenvalue weighted by molar-refractivity contribution is -0.139. The van der Waals surface area contributed by atoms with E-state index in [4.69, 9.17) is 34.8 Å². The fourth-order valence-electron chi connectivity index (χ4n) is 3.09. The first kappa shape index (κ1) is 27.2. The molecule has 0 aliphatic rings. The van der Waals surface area contributed by atoms with E-state index in [0.717, 1.165) is 10.6 Å². The molecule has 0 aromatic heterocycles. The van der Waals surface area contributed by atoms with Gasteiger partial charge in [0.05, 0.1) is 11.9 Å². The van der Waals surface area contributed by atoms with Crippen LogP contribution in [0.15, 0.2) is 42.5 Å². The molecule has 0 saturated heterocycles. The van der Waals surface area contributed by atoms with Gasteiger partial charge in [-0.05, 0) is 51.1 Å². The minimum Gasteiger partial charge on any atom is -0.352 e. The first-order chi connectivity index (χ1) is 15.3. The van der Waals surface area contributed by atoms with Gasteiger partial charge in [0.2, 0.25) is 21.8 Å². The van der Waals surface area contributed by atoms with Crippen molar-refractivity contribution < 1.29 is 18.0 Å². The van der Waals surface area contributed by atoms with Crippen LogP contribution in [0.4, 0.5) is 5.69 Å². The lowest BCUT2D eigenvalue weighted by Gasteiger charge is -2.32. The summed E-state index contributed by atoms with van der Waals surface area (Å²) in [5.74, 6) is -1.00. The zero-order chi connectivity index (χ0) is 24.9. The van der Waals surface area contributed by atoms with Crippen molar-refractivity contribution in [2.75, 3.05) is 17.1 Å². The zero-order valence-corrected chi connectivity index (χ0v) is 21.8. The highest BCUT2D eigenvalue weighted by Crippen LogP contribution is 2.27. The van der Waals surface area contributed by atoms with Crippen LogP contribution < -0.4 is 9.62 Å². The van der Waals surface area contributed by atoms with E-state index >= 15 is 0 Å². The maximum atomic E-state index is 13.4. The summed E-state index contributed by atoms with van der Waals surface area (Å²) in [4.78, 5) is 27.4. The van der Waals surface area contributed by atoms with Crippen molar-refractivity contribution in [2.24, 2.45) is 0 Å². The number of amides is 2. The topological polar surface area (TPSA) is 86.8 Å². The molecule has 33 heavy (non-hydrogen) atoms. The third-order valence-electron chi connectivity index (χ3n) is 4.76. The molecule has 2 aromatic carbocycles. The number of nitrogens with one attached hydrogen (secondary N) is 1. The molecule has 180 valence electrons. The van der Waals surface area contributed by atoms with Crippen molar-refractivity contribution in [3.63, 3.8) is 0 Å². The number of rotatable bonds is 9. The Labute approximate surface area is 209 Å². The van der Waals surface area contributed by atoms with Crippen LogP contribution in [0.2, 0.25) is 15.1 Å². The number of sulfonamides is 1. The Morgan fingerprint density at radius 3 is 2.09 bits per heavy atom. The molecule has 0 fully saturated rings. The molecule has 0 saturated carbocycles. The number of carbonyl (C=O) groups is 2. The molecule has 1 N–H and O–H groups in total. The second-order valence-electron chi connectivity index (χ2n) is 7.81. The molecule has 2 rings (SSSR count). The average Bonchev–Trinajstić information content (AvgIpc) is 2.69. The molecule has 0 radical (unpaired) electrons. The Balaban J connectivity index is 2.45. The summed E-state index contributed by atoms with van der Waals surface area (Å²) in [6, 6.07) is 9.99. The molecule has 2 aromatic rings. The van der Waals surface area contributed by atoms with Gasteiger partial charge in [-0.25, -0.2) is 8.42 Å². The minimum atomic E-state index is -3.84. The lowest BCUT2D eigenvalue weighted by Crippen LogP contribution is -2.52. The van der Waals surface area contributed by atoms with Crippen LogP contribution in [-0.2, 0) is 26.2 Å².